The molecule has 0 aromatic heterocycles. The van der Waals surface area contributed by atoms with Gasteiger partial charge in [0.15, 0.2) is 0 Å². The van der Waals surface area contributed by atoms with Gasteiger partial charge < -0.3 is 14.9 Å². The number of hydrogen-bond acceptors (Lipinski definition) is 3. The highest BCUT2D eigenvalue weighted by atomic mass is 16.4. The highest BCUT2D eigenvalue weighted by molar-refractivity contribution is 5.97. The number of carboxylic acids is 1. The number of aliphatic carboxylic acids is 1. The van der Waals surface area contributed by atoms with Crippen LogP contribution in [0.2, 0.25) is 0 Å². The van der Waals surface area contributed by atoms with Gasteiger partial charge in [0.25, 0.3) is 0 Å². The van der Waals surface area contributed by atoms with Crippen LogP contribution < -0.4 is 4.90 Å². The summed E-state index contributed by atoms with van der Waals surface area (Å²) < 4.78 is 0. The van der Waals surface area contributed by atoms with Gasteiger partial charge in [-0.15, -0.1) is 0 Å². The molecule has 2 aliphatic heterocycles. The molecule has 0 radical (unpaired) electrons. The number of rotatable bonds is 4. The number of carbonyl (C=O) groups excluding carboxylic acids is 2. The molecule has 1 saturated carbocycles. The Morgan fingerprint density at radius 2 is 1.88 bits per heavy atom. The minimum absolute atomic E-state index is 0.0585. The number of piperidine rings is 1. The Kier molecular flexibility index (Phi) is 4.21. The molecule has 1 atom stereocenters. The van der Waals surface area contributed by atoms with Gasteiger partial charge in [0.2, 0.25) is 11.8 Å². The number of hydrogen-bond donors (Lipinski definition) is 1. The van der Waals surface area contributed by atoms with Crippen molar-refractivity contribution in [3.8, 4) is 0 Å². The van der Waals surface area contributed by atoms with E-state index in [1.165, 1.54) is 0 Å². The number of aryl methyl sites for hydroxylation is 1. The zero-order valence-electron chi connectivity index (χ0n) is 14.8. The van der Waals surface area contributed by atoms with Crippen molar-refractivity contribution in [2.24, 2.45) is 11.3 Å². The topological polar surface area (TPSA) is 77.9 Å². The standard InChI is InChI=1S/C20H24N2O4/c23-17(21-11-8-20(9-12-21)13-15(20)19(25)26)7-10-22-16-4-2-1-3-14(16)5-6-18(22)24/h1-4,15H,5-13H2,(H,25,26). The molecule has 26 heavy (non-hydrogen) atoms. The molecule has 6 nitrogen and oxygen atoms in total. The summed E-state index contributed by atoms with van der Waals surface area (Å²) in [6.07, 6.45) is 3.88. The number of nitrogens with zero attached hydrogens (tertiary/aromatic N) is 2. The van der Waals surface area contributed by atoms with Crippen LogP contribution in [-0.2, 0) is 20.8 Å². The van der Waals surface area contributed by atoms with Crippen molar-refractivity contribution < 1.29 is 19.5 Å². The normalized spacial score (nSPS) is 23.7. The van der Waals surface area contributed by atoms with Crippen LogP contribution in [0.1, 0.15) is 37.7 Å². The molecule has 1 unspecified atom stereocenters. The number of benzene rings is 1. The van der Waals surface area contributed by atoms with Crippen LogP contribution in [0.15, 0.2) is 24.3 Å². The van der Waals surface area contributed by atoms with Crippen molar-refractivity contribution in [3.63, 3.8) is 0 Å². The highest BCUT2D eigenvalue weighted by Crippen LogP contribution is 2.59. The number of carboxylic acid groups (broad SMARTS) is 1. The fourth-order valence-electron chi connectivity index (χ4n) is 4.56. The Balaban J connectivity index is 1.33. The second-order valence-corrected chi connectivity index (χ2v) is 7.76. The number of amides is 2. The maximum absolute atomic E-state index is 12.6. The molecule has 3 aliphatic rings. The summed E-state index contributed by atoms with van der Waals surface area (Å²) in [5, 5.41) is 9.16. The molecular formula is C20H24N2O4. The van der Waals surface area contributed by atoms with E-state index < -0.39 is 5.97 Å². The molecule has 138 valence electrons. The number of anilines is 1. The van der Waals surface area contributed by atoms with E-state index in [2.05, 4.69) is 0 Å². The van der Waals surface area contributed by atoms with Gasteiger partial charge in [-0.05, 0) is 42.7 Å². The average Bonchev–Trinajstić information content (AvgIpc) is 3.35. The molecule has 1 aliphatic carbocycles. The summed E-state index contributed by atoms with van der Waals surface area (Å²) >= 11 is 0. The smallest absolute Gasteiger partial charge is 0.307 e. The molecule has 1 spiro atoms. The van der Waals surface area contributed by atoms with Crippen LogP contribution >= 0.6 is 0 Å². The third-order valence-electron chi connectivity index (χ3n) is 6.34. The van der Waals surface area contributed by atoms with E-state index in [0.29, 0.717) is 32.5 Å². The summed E-state index contributed by atoms with van der Waals surface area (Å²) in [4.78, 5) is 39.6. The van der Waals surface area contributed by atoms with E-state index in [4.69, 9.17) is 5.11 Å². The minimum Gasteiger partial charge on any atom is -0.481 e. The van der Waals surface area contributed by atoms with Gasteiger partial charge >= 0.3 is 5.97 Å². The predicted octanol–water partition coefficient (Wildman–Crippen LogP) is 2.07. The van der Waals surface area contributed by atoms with Crippen molar-refractivity contribution in [3.05, 3.63) is 29.8 Å². The van der Waals surface area contributed by atoms with Crippen molar-refractivity contribution >= 4 is 23.5 Å². The van der Waals surface area contributed by atoms with E-state index >= 15 is 0 Å². The van der Waals surface area contributed by atoms with Crippen LogP contribution in [0.25, 0.3) is 0 Å². The summed E-state index contributed by atoms with van der Waals surface area (Å²) in [6, 6.07) is 7.88. The molecular weight excluding hydrogens is 332 g/mol. The van der Waals surface area contributed by atoms with Crippen LogP contribution in [-0.4, -0.2) is 47.4 Å². The van der Waals surface area contributed by atoms with Crippen molar-refractivity contribution in [2.45, 2.75) is 38.5 Å². The number of likely N-dealkylation sites (tertiary alicyclic amines) is 1. The van der Waals surface area contributed by atoms with Crippen LogP contribution in [0.3, 0.4) is 0 Å². The monoisotopic (exact) mass is 356 g/mol. The van der Waals surface area contributed by atoms with E-state index in [1.54, 1.807) is 4.90 Å². The molecule has 2 amide bonds. The Morgan fingerprint density at radius 3 is 2.58 bits per heavy atom. The number of carbonyl (C=O) groups is 3. The number of fused-ring (bicyclic) bond motifs is 1. The lowest BCUT2D eigenvalue weighted by atomic mass is 9.90. The lowest BCUT2D eigenvalue weighted by Crippen LogP contribution is -2.42. The molecule has 2 fully saturated rings. The summed E-state index contributed by atoms with van der Waals surface area (Å²) in [6.45, 7) is 1.67. The zero-order valence-corrected chi connectivity index (χ0v) is 14.8. The fourth-order valence-corrected chi connectivity index (χ4v) is 4.56. The summed E-state index contributed by atoms with van der Waals surface area (Å²) in [7, 11) is 0. The third-order valence-corrected chi connectivity index (χ3v) is 6.34. The van der Waals surface area contributed by atoms with Crippen molar-refractivity contribution in [1.29, 1.82) is 0 Å². The highest BCUT2D eigenvalue weighted by Gasteiger charge is 2.59. The van der Waals surface area contributed by atoms with E-state index in [0.717, 1.165) is 36.9 Å². The third kappa shape index (κ3) is 2.97. The fraction of sp³-hybridized carbons (Fsp3) is 0.550. The summed E-state index contributed by atoms with van der Waals surface area (Å²) in [5.74, 6) is -0.783. The van der Waals surface area contributed by atoms with E-state index in [9.17, 15) is 14.4 Å². The predicted molar refractivity (Wildman–Crippen MR) is 95.7 cm³/mol. The lowest BCUT2D eigenvalue weighted by Gasteiger charge is -2.34. The molecule has 1 aromatic carbocycles. The average molecular weight is 356 g/mol. The molecule has 6 heteroatoms. The maximum atomic E-state index is 12.6. The van der Waals surface area contributed by atoms with Crippen LogP contribution in [0.4, 0.5) is 5.69 Å². The molecule has 0 bridgehead atoms. The van der Waals surface area contributed by atoms with Crippen molar-refractivity contribution in [1.82, 2.24) is 4.90 Å². The Labute approximate surface area is 152 Å². The van der Waals surface area contributed by atoms with Gasteiger partial charge in [-0.2, -0.15) is 0 Å². The zero-order chi connectivity index (χ0) is 18.3. The summed E-state index contributed by atoms with van der Waals surface area (Å²) in [5.41, 5.74) is 2.02. The van der Waals surface area contributed by atoms with Crippen LogP contribution in [0, 0.1) is 11.3 Å². The number of para-hydroxylation sites is 1. The first kappa shape index (κ1) is 17.1. The van der Waals surface area contributed by atoms with Crippen LogP contribution in [0.5, 0.6) is 0 Å². The van der Waals surface area contributed by atoms with E-state index in [-0.39, 0.29) is 23.1 Å². The van der Waals surface area contributed by atoms with Gasteiger partial charge in [0.05, 0.1) is 5.92 Å². The molecule has 4 rings (SSSR count). The lowest BCUT2D eigenvalue weighted by molar-refractivity contribution is -0.139. The molecule has 1 aromatic rings. The largest absolute Gasteiger partial charge is 0.481 e. The second-order valence-electron chi connectivity index (χ2n) is 7.76. The first-order valence-corrected chi connectivity index (χ1v) is 9.39. The molecule has 1 saturated heterocycles. The quantitative estimate of drug-likeness (QED) is 0.896. The van der Waals surface area contributed by atoms with Gasteiger partial charge in [-0.1, -0.05) is 18.2 Å². The van der Waals surface area contributed by atoms with Crippen molar-refractivity contribution in [2.75, 3.05) is 24.5 Å². The van der Waals surface area contributed by atoms with Gasteiger partial charge in [-0.25, -0.2) is 0 Å². The Hall–Kier alpha value is -2.37. The minimum atomic E-state index is -0.702. The molecule has 1 N–H and O–H groups in total. The molecule has 2 heterocycles. The SMILES string of the molecule is O=C(O)C1CC12CCN(C(=O)CCN1C(=O)CCc3ccccc31)CC2. The van der Waals surface area contributed by atoms with Gasteiger partial charge in [0.1, 0.15) is 0 Å². The Morgan fingerprint density at radius 1 is 1.15 bits per heavy atom. The van der Waals surface area contributed by atoms with Gasteiger partial charge in [0, 0.05) is 38.2 Å². The Bertz CT molecular complexity index is 752. The first-order valence-electron chi connectivity index (χ1n) is 9.39. The maximum Gasteiger partial charge on any atom is 0.307 e. The first-order chi connectivity index (χ1) is 12.5. The van der Waals surface area contributed by atoms with E-state index in [1.807, 2.05) is 29.2 Å². The second kappa shape index (κ2) is 6.41. The van der Waals surface area contributed by atoms with Gasteiger partial charge in [-0.3, -0.25) is 14.4 Å².